The van der Waals surface area contributed by atoms with Crippen LogP contribution in [0.15, 0.2) is 56.0 Å². The van der Waals surface area contributed by atoms with Crippen LogP contribution in [0.25, 0.3) is 0 Å². The molecule has 1 aliphatic rings. The topological polar surface area (TPSA) is 106 Å². The zero-order chi connectivity index (χ0) is 17.9. The molecule has 0 radical (unpaired) electrons. The molecule has 2 aromatic rings. The zero-order valence-electron chi connectivity index (χ0n) is 12.2. The predicted octanol–water partition coefficient (Wildman–Crippen LogP) is 1.99. The summed E-state index contributed by atoms with van der Waals surface area (Å²) >= 11 is 0. The summed E-state index contributed by atoms with van der Waals surface area (Å²) in [6, 6.07) is 5.79. The fourth-order valence-electron chi connectivity index (χ4n) is 2.52. The summed E-state index contributed by atoms with van der Waals surface area (Å²) in [6.07, 6.45) is 0. The molecule has 1 N–H and O–H groups in total. The molecule has 0 saturated carbocycles. The smallest absolute Gasteiger partial charge is 0.310 e. The highest BCUT2D eigenvalue weighted by atomic mass is 32.2. The van der Waals surface area contributed by atoms with Crippen molar-refractivity contribution in [2.75, 3.05) is 0 Å². The van der Waals surface area contributed by atoms with Crippen molar-refractivity contribution in [2.24, 2.45) is 0 Å². The lowest BCUT2D eigenvalue weighted by molar-refractivity contribution is -0.138. The van der Waals surface area contributed by atoms with Crippen LogP contribution < -0.4 is 0 Å². The SMILES string of the molecule is CC(C(=O)O)c1ccc2c(c1)S(=O)(=O)c1cc(F)ccc1S2(=O)=O. The number of carbonyl (C=O) groups is 1. The van der Waals surface area contributed by atoms with Gasteiger partial charge in [-0.05, 0) is 42.8 Å². The van der Waals surface area contributed by atoms with Crippen molar-refractivity contribution in [1.29, 1.82) is 0 Å². The Kier molecular flexibility index (Phi) is 3.54. The lowest BCUT2D eigenvalue weighted by Gasteiger charge is -2.21. The Hall–Kier alpha value is -2.26. The average molecular weight is 370 g/mol. The van der Waals surface area contributed by atoms with Crippen molar-refractivity contribution in [3.8, 4) is 0 Å². The Labute approximate surface area is 137 Å². The van der Waals surface area contributed by atoms with Crippen LogP contribution >= 0.6 is 0 Å². The number of hydrogen-bond donors (Lipinski definition) is 1. The first-order valence-electron chi connectivity index (χ1n) is 6.73. The summed E-state index contributed by atoms with van der Waals surface area (Å²) in [7, 11) is -8.43. The largest absolute Gasteiger partial charge is 0.481 e. The molecule has 0 spiro atoms. The molecule has 0 aliphatic carbocycles. The van der Waals surface area contributed by atoms with E-state index in [4.69, 9.17) is 5.11 Å². The number of carboxylic acid groups (broad SMARTS) is 1. The van der Waals surface area contributed by atoms with Gasteiger partial charge in [-0.15, -0.1) is 0 Å². The second-order valence-electron chi connectivity index (χ2n) is 5.36. The van der Waals surface area contributed by atoms with E-state index in [1.807, 2.05) is 0 Å². The van der Waals surface area contributed by atoms with Gasteiger partial charge in [0.1, 0.15) is 5.82 Å². The summed E-state index contributed by atoms with van der Waals surface area (Å²) in [4.78, 5) is 8.97. The van der Waals surface area contributed by atoms with E-state index in [2.05, 4.69) is 0 Å². The van der Waals surface area contributed by atoms with E-state index in [-0.39, 0.29) is 5.56 Å². The van der Waals surface area contributed by atoms with Gasteiger partial charge >= 0.3 is 5.97 Å². The standard InChI is InChI=1S/C15H11FO6S2/c1-8(15(17)18)9-2-4-11-13(6-9)24(21,22)14-7-10(16)3-5-12(14)23(11,19)20/h2-8H,1H3,(H,17,18). The zero-order valence-corrected chi connectivity index (χ0v) is 13.9. The number of benzene rings is 2. The highest BCUT2D eigenvalue weighted by Gasteiger charge is 2.40. The van der Waals surface area contributed by atoms with Crippen LogP contribution in [0.1, 0.15) is 18.4 Å². The Bertz CT molecular complexity index is 1090. The van der Waals surface area contributed by atoms with Gasteiger partial charge in [0.15, 0.2) is 0 Å². The van der Waals surface area contributed by atoms with Crippen molar-refractivity contribution >= 4 is 25.6 Å². The van der Waals surface area contributed by atoms with Gasteiger partial charge in [-0.1, -0.05) is 6.07 Å². The van der Waals surface area contributed by atoms with Gasteiger partial charge in [-0.3, -0.25) is 4.79 Å². The van der Waals surface area contributed by atoms with Crippen molar-refractivity contribution in [3.05, 3.63) is 47.8 Å². The molecule has 126 valence electrons. The molecule has 1 heterocycles. The number of carboxylic acids is 1. The van der Waals surface area contributed by atoms with Crippen molar-refractivity contribution in [2.45, 2.75) is 32.4 Å². The second-order valence-corrected chi connectivity index (χ2v) is 9.14. The van der Waals surface area contributed by atoms with Crippen molar-refractivity contribution in [3.63, 3.8) is 0 Å². The van der Waals surface area contributed by atoms with Gasteiger partial charge in [-0.2, -0.15) is 0 Å². The molecule has 3 rings (SSSR count). The van der Waals surface area contributed by atoms with Gasteiger partial charge in [0, 0.05) is 0 Å². The molecule has 1 aliphatic heterocycles. The maximum Gasteiger partial charge on any atom is 0.310 e. The molecule has 6 nitrogen and oxygen atoms in total. The molecule has 0 amide bonds. The summed E-state index contributed by atoms with van der Waals surface area (Å²) in [5, 5.41) is 9.05. The molecule has 0 bridgehead atoms. The Morgan fingerprint density at radius 1 is 0.917 bits per heavy atom. The molecule has 1 unspecified atom stereocenters. The highest BCUT2D eigenvalue weighted by molar-refractivity contribution is 7.97. The Balaban J connectivity index is 2.38. The summed E-state index contributed by atoms with van der Waals surface area (Å²) in [5.74, 6) is -3.09. The molecule has 0 fully saturated rings. The average Bonchev–Trinajstić information content (AvgIpc) is 2.52. The van der Waals surface area contributed by atoms with E-state index < -0.39 is 57.0 Å². The van der Waals surface area contributed by atoms with Crippen LogP contribution in [0.5, 0.6) is 0 Å². The third kappa shape index (κ3) is 2.23. The van der Waals surface area contributed by atoms with Gasteiger partial charge in [-0.25, -0.2) is 21.2 Å². The fraction of sp³-hybridized carbons (Fsp3) is 0.133. The first-order valence-corrected chi connectivity index (χ1v) is 9.70. The summed E-state index contributed by atoms with van der Waals surface area (Å²) in [6.45, 7) is 1.35. The van der Waals surface area contributed by atoms with E-state index in [0.717, 1.165) is 24.3 Å². The molecule has 24 heavy (non-hydrogen) atoms. The number of halogens is 1. The summed E-state index contributed by atoms with van der Waals surface area (Å²) in [5.41, 5.74) is 0.139. The maximum absolute atomic E-state index is 13.4. The van der Waals surface area contributed by atoms with Crippen LogP contribution in [-0.4, -0.2) is 27.9 Å². The van der Waals surface area contributed by atoms with Crippen LogP contribution in [0.4, 0.5) is 4.39 Å². The third-order valence-corrected chi connectivity index (χ3v) is 7.86. The van der Waals surface area contributed by atoms with Crippen molar-refractivity contribution < 1.29 is 31.1 Å². The number of rotatable bonds is 2. The Morgan fingerprint density at radius 2 is 1.42 bits per heavy atom. The normalized spacial score (nSPS) is 18.2. The highest BCUT2D eigenvalue weighted by Crippen LogP contribution is 2.41. The van der Waals surface area contributed by atoms with Gasteiger partial charge in [0.2, 0.25) is 19.7 Å². The van der Waals surface area contributed by atoms with Crippen LogP contribution in [0.2, 0.25) is 0 Å². The molecule has 2 aromatic carbocycles. The quantitative estimate of drug-likeness (QED) is 0.692. The lowest BCUT2D eigenvalue weighted by Crippen LogP contribution is -2.21. The first-order chi connectivity index (χ1) is 11.1. The number of hydrogen-bond acceptors (Lipinski definition) is 5. The minimum Gasteiger partial charge on any atom is -0.481 e. The first kappa shape index (κ1) is 16.6. The van der Waals surface area contributed by atoms with E-state index in [1.165, 1.54) is 13.0 Å². The van der Waals surface area contributed by atoms with Gasteiger partial charge in [0.25, 0.3) is 0 Å². The van der Waals surface area contributed by atoms with E-state index in [1.54, 1.807) is 0 Å². The van der Waals surface area contributed by atoms with E-state index >= 15 is 0 Å². The van der Waals surface area contributed by atoms with E-state index in [0.29, 0.717) is 6.07 Å². The lowest BCUT2D eigenvalue weighted by atomic mass is 10.0. The van der Waals surface area contributed by atoms with Gasteiger partial charge in [0.05, 0.1) is 25.5 Å². The maximum atomic E-state index is 13.4. The fourth-order valence-corrected chi connectivity index (χ4v) is 6.68. The molecule has 0 saturated heterocycles. The number of fused-ring (bicyclic) bond motifs is 2. The minimum absolute atomic E-state index is 0.139. The molecule has 9 heteroatoms. The van der Waals surface area contributed by atoms with Gasteiger partial charge < -0.3 is 5.11 Å². The van der Waals surface area contributed by atoms with Crippen LogP contribution in [0, 0.1) is 5.82 Å². The third-order valence-electron chi connectivity index (χ3n) is 3.90. The second kappa shape index (κ2) is 5.12. The van der Waals surface area contributed by atoms with Crippen LogP contribution in [-0.2, 0) is 24.5 Å². The Morgan fingerprint density at radius 3 is 2.00 bits per heavy atom. The summed E-state index contributed by atoms with van der Waals surface area (Å²) < 4.78 is 64.1. The minimum atomic E-state index is -4.29. The molecule has 1 atom stereocenters. The number of aliphatic carboxylic acids is 1. The van der Waals surface area contributed by atoms with E-state index in [9.17, 15) is 26.0 Å². The number of sulfone groups is 2. The molecular formula is C15H11FO6S2. The monoisotopic (exact) mass is 370 g/mol. The molecule has 0 aromatic heterocycles. The predicted molar refractivity (Wildman–Crippen MR) is 79.8 cm³/mol. The molecular weight excluding hydrogens is 359 g/mol. The van der Waals surface area contributed by atoms with Crippen molar-refractivity contribution in [1.82, 2.24) is 0 Å². The van der Waals surface area contributed by atoms with Crippen LogP contribution in [0.3, 0.4) is 0 Å².